The molecule has 0 aliphatic carbocycles. The van der Waals surface area contributed by atoms with E-state index in [0.717, 1.165) is 5.56 Å². The first-order valence-electron chi connectivity index (χ1n) is 8.13. The summed E-state index contributed by atoms with van der Waals surface area (Å²) in [5, 5.41) is 2.73. The van der Waals surface area contributed by atoms with Gasteiger partial charge in [0, 0.05) is 17.2 Å². The number of nitrogens with one attached hydrogen (secondary N) is 3. The lowest BCUT2D eigenvalue weighted by Gasteiger charge is -2.10. The molecule has 0 aliphatic rings. The first kappa shape index (κ1) is 19.0. The van der Waals surface area contributed by atoms with Crippen molar-refractivity contribution in [3.05, 3.63) is 65.7 Å². The highest BCUT2D eigenvalue weighted by Crippen LogP contribution is 2.11. The molecule has 0 saturated heterocycles. The first-order chi connectivity index (χ1) is 12.5. The van der Waals surface area contributed by atoms with Crippen LogP contribution in [0.5, 0.6) is 0 Å². The zero-order valence-corrected chi connectivity index (χ0v) is 14.6. The van der Waals surface area contributed by atoms with Crippen LogP contribution in [0.25, 0.3) is 0 Å². The minimum absolute atomic E-state index is 0.104. The van der Waals surface area contributed by atoms with Gasteiger partial charge in [-0.05, 0) is 29.8 Å². The van der Waals surface area contributed by atoms with Gasteiger partial charge in [-0.25, -0.2) is 10.2 Å². The molecular weight excluding hydrogens is 334 g/mol. The Morgan fingerprint density at radius 1 is 0.923 bits per heavy atom. The number of ether oxygens (including phenoxy) is 1. The molecule has 2 aromatic carbocycles. The first-order valence-corrected chi connectivity index (χ1v) is 8.13. The fraction of sp³-hybridized carbons (Fsp3) is 0.211. The molecule has 0 radical (unpaired) electrons. The molecule has 0 fully saturated rings. The van der Waals surface area contributed by atoms with Crippen LogP contribution >= 0.6 is 0 Å². The highest BCUT2D eigenvalue weighted by Gasteiger charge is 2.10. The summed E-state index contributed by atoms with van der Waals surface area (Å²) in [5.74, 6) is -0.738. The number of hydrogen-bond donors (Lipinski definition) is 3. The SMILES string of the molecule is CC(C)C(=O)Nc1ccc(C(=O)NNC(=O)OCc2ccccc2)cc1. The summed E-state index contributed by atoms with van der Waals surface area (Å²) < 4.78 is 4.99. The normalized spacial score (nSPS) is 10.1. The maximum atomic E-state index is 12.0. The standard InChI is InChI=1S/C19H21N3O4/c1-13(2)17(23)20-16-10-8-15(9-11-16)18(24)21-22-19(25)26-12-14-6-4-3-5-7-14/h3-11,13H,12H2,1-2H3,(H,20,23)(H,21,24)(H,22,25). The molecule has 2 rings (SSSR count). The minimum Gasteiger partial charge on any atom is -0.443 e. The fourth-order valence-corrected chi connectivity index (χ4v) is 1.93. The number of carbonyl (C=O) groups excluding carboxylic acids is 3. The van der Waals surface area contributed by atoms with Crippen molar-refractivity contribution in [3.63, 3.8) is 0 Å². The van der Waals surface area contributed by atoms with Crippen LogP contribution in [0, 0.1) is 5.92 Å². The quantitative estimate of drug-likeness (QED) is 0.719. The zero-order valence-electron chi connectivity index (χ0n) is 14.6. The monoisotopic (exact) mass is 355 g/mol. The molecule has 3 amide bonds. The lowest BCUT2D eigenvalue weighted by molar-refractivity contribution is -0.118. The van der Waals surface area contributed by atoms with Crippen LogP contribution in [0.3, 0.4) is 0 Å². The van der Waals surface area contributed by atoms with E-state index in [4.69, 9.17) is 4.74 Å². The van der Waals surface area contributed by atoms with Crippen LogP contribution in [-0.4, -0.2) is 17.9 Å². The number of hydrazine groups is 1. The van der Waals surface area contributed by atoms with Gasteiger partial charge in [0.2, 0.25) is 5.91 Å². The molecule has 26 heavy (non-hydrogen) atoms. The van der Waals surface area contributed by atoms with Crippen molar-refractivity contribution in [1.82, 2.24) is 10.9 Å². The van der Waals surface area contributed by atoms with E-state index in [2.05, 4.69) is 16.2 Å². The molecular formula is C19H21N3O4. The van der Waals surface area contributed by atoms with Gasteiger partial charge in [-0.15, -0.1) is 0 Å². The molecule has 2 aromatic rings. The largest absolute Gasteiger partial charge is 0.443 e. The van der Waals surface area contributed by atoms with Crippen molar-refractivity contribution in [2.75, 3.05) is 5.32 Å². The Bertz CT molecular complexity index is 758. The average Bonchev–Trinajstić information content (AvgIpc) is 2.65. The number of rotatable bonds is 5. The van der Waals surface area contributed by atoms with Gasteiger partial charge in [0.25, 0.3) is 5.91 Å². The van der Waals surface area contributed by atoms with Crippen LogP contribution < -0.4 is 16.2 Å². The number of amides is 3. The van der Waals surface area contributed by atoms with Crippen molar-refractivity contribution in [3.8, 4) is 0 Å². The molecule has 0 aliphatic heterocycles. The molecule has 0 spiro atoms. The molecule has 136 valence electrons. The van der Waals surface area contributed by atoms with Gasteiger partial charge >= 0.3 is 6.09 Å². The van der Waals surface area contributed by atoms with Gasteiger partial charge in [-0.2, -0.15) is 0 Å². The van der Waals surface area contributed by atoms with Gasteiger partial charge in [0.15, 0.2) is 0 Å². The predicted octanol–water partition coefficient (Wildman–Crippen LogP) is 2.85. The third kappa shape index (κ3) is 5.94. The third-order valence-corrected chi connectivity index (χ3v) is 3.43. The van der Waals surface area contributed by atoms with Crippen molar-refractivity contribution in [2.24, 2.45) is 5.92 Å². The van der Waals surface area contributed by atoms with Gasteiger partial charge < -0.3 is 10.1 Å². The summed E-state index contributed by atoms with van der Waals surface area (Å²) in [4.78, 5) is 35.2. The van der Waals surface area contributed by atoms with Crippen molar-refractivity contribution < 1.29 is 19.1 Å². The van der Waals surface area contributed by atoms with Crippen molar-refractivity contribution >= 4 is 23.6 Å². The van der Waals surface area contributed by atoms with E-state index in [-0.39, 0.29) is 18.4 Å². The Labute approximate surface area is 151 Å². The maximum absolute atomic E-state index is 12.0. The van der Waals surface area contributed by atoms with E-state index in [0.29, 0.717) is 11.3 Å². The topological polar surface area (TPSA) is 96.5 Å². The van der Waals surface area contributed by atoms with Crippen LogP contribution in [0.1, 0.15) is 29.8 Å². The molecule has 0 saturated carbocycles. The Kier molecular flexibility index (Phi) is 6.73. The number of benzene rings is 2. The fourth-order valence-electron chi connectivity index (χ4n) is 1.93. The van der Waals surface area contributed by atoms with E-state index in [9.17, 15) is 14.4 Å². The van der Waals surface area contributed by atoms with Gasteiger partial charge in [-0.1, -0.05) is 44.2 Å². The summed E-state index contributed by atoms with van der Waals surface area (Å²) >= 11 is 0. The molecule has 0 aromatic heterocycles. The molecule has 0 heterocycles. The molecule has 0 atom stereocenters. The Morgan fingerprint density at radius 2 is 1.58 bits per heavy atom. The van der Waals surface area contributed by atoms with Crippen LogP contribution in [0.2, 0.25) is 0 Å². The third-order valence-electron chi connectivity index (χ3n) is 3.43. The molecule has 7 nitrogen and oxygen atoms in total. The van der Waals surface area contributed by atoms with Crippen molar-refractivity contribution in [2.45, 2.75) is 20.5 Å². The Morgan fingerprint density at radius 3 is 2.19 bits per heavy atom. The number of anilines is 1. The molecule has 0 bridgehead atoms. The highest BCUT2D eigenvalue weighted by atomic mass is 16.6. The maximum Gasteiger partial charge on any atom is 0.426 e. The number of carbonyl (C=O) groups is 3. The van der Waals surface area contributed by atoms with Gasteiger partial charge in [0.05, 0.1) is 0 Å². The van der Waals surface area contributed by atoms with Gasteiger partial charge in [0.1, 0.15) is 6.61 Å². The zero-order chi connectivity index (χ0) is 18.9. The summed E-state index contributed by atoms with van der Waals surface area (Å²) in [7, 11) is 0. The predicted molar refractivity (Wildman–Crippen MR) is 97.1 cm³/mol. The average molecular weight is 355 g/mol. The van der Waals surface area contributed by atoms with E-state index >= 15 is 0 Å². The van der Waals surface area contributed by atoms with Gasteiger partial charge in [-0.3, -0.25) is 15.0 Å². The smallest absolute Gasteiger partial charge is 0.426 e. The highest BCUT2D eigenvalue weighted by molar-refractivity contribution is 5.96. The van der Waals surface area contributed by atoms with Crippen LogP contribution in [0.4, 0.5) is 10.5 Å². The van der Waals surface area contributed by atoms with E-state index in [1.165, 1.54) is 0 Å². The lowest BCUT2D eigenvalue weighted by Crippen LogP contribution is -2.41. The Hall–Kier alpha value is -3.35. The minimum atomic E-state index is -0.761. The second-order valence-corrected chi connectivity index (χ2v) is 5.86. The second-order valence-electron chi connectivity index (χ2n) is 5.86. The molecule has 0 unspecified atom stereocenters. The van der Waals surface area contributed by atoms with E-state index in [1.54, 1.807) is 38.1 Å². The Balaban J connectivity index is 1.78. The second kappa shape index (κ2) is 9.22. The summed E-state index contributed by atoms with van der Waals surface area (Å²) in [5.41, 5.74) is 6.21. The number of hydrogen-bond acceptors (Lipinski definition) is 4. The van der Waals surface area contributed by atoms with Crippen molar-refractivity contribution in [1.29, 1.82) is 0 Å². The van der Waals surface area contributed by atoms with E-state index < -0.39 is 12.0 Å². The summed E-state index contributed by atoms with van der Waals surface area (Å²) in [6.45, 7) is 3.69. The van der Waals surface area contributed by atoms with E-state index in [1.807, 2.05) is 30.3 Å². The van der Waals surface area contributed by atoms with Crippen LogP contribution in [0.15, 0.2) is 54.6 Å². The summed E-state index contributed by atoms with van der Waals surface area (Å²) in [6.07, 6.45) is -0.761. The summed E-state index contributed by atoms with van der Waals surface area (Å²) in [6, 6.07) is 15.5. The molecule has 3 N–H and O–H groups in total. The molecule has 7 heteroatoms. The lowest BCUT2D eigenvalue weighted by atomic mass is 10.1. The van der Waals surface area contributed by atoms with Crippen LogP contribution in [-0.2, 0) is 16.1 Å².